The molecular formula is C23H23N3O4S. The SMILES string of the molecule is COc1ccc(C(=O)Nc2nc3c(s2)CCCC3C(=O)Nc2ccccc2OC)cc1. The van der Waals surface area contributed by atoms with E-state index in [1.807, 2.05) is 18.2 Å². The average molecular weight is 438 g/mol. The summed E-state index contributed by atoms with van der Waals surface area (Å²) < 4.78 is 10.4. The second-order valence-corrected chi connectivity index (χ2v) is 8.23. The van der Waals surface area contributed by atoms with Gasteiger partial charge < -0.3 is 14.8 Å². The molecule has 4 rings (SSSR count). The Hall–Kier alpha value is -3.39. The van der Waals surface area contributed by atoms with Crippen molar-refractivity contribution in [3.8, 4) is 11.5 Å². The van der Waals surface area contributed by atoms with Gasteiger partial charge in [-0.25, -0.2) is 4.98 Å². The predicted molar refractivity (Wildman–Crippen MR) is 120 cm³/mol. The van der Waals surface area contributed by atoms with Crippen LogP contribution in [0.25, 0.3) is 0 Å². The monoisotopic (exact) mass is 437 g/mol. The topological polar surface area (TPSA) is 89.5 Å². The quantitative estimate of drug-likeness (QED) is 0.594. The van der Waals surface area contributed by atoms with E-state index in [0.29, 0.717) is 34.3 Å². The number of hydrogen-bond acceptors (Lipinski definition) is 6. The summed E-state index contributed by atoms with van der Waals surface area (Å²) in [6, 6.07) is 14.2. The van der Waals surface area contributed by atoms with Crippen LogP contribution in [0.3, 0.4) is 0 Å². The van der Waals surface area contributed by atoms with E-state index in [-0.39, 0.29) is 17.7 Å². The first-order chi connectivity index (χ1) is 15.1. The van der Waals surface area contributed by atoms with Crippen LogP contribution in [0.1, 0.15) is 39.7 Å². The summed E-state index contributed by atoms with van der Waals surface area (Å²) >= 11 is 1.43. The van der Waals surface area contributed by atoms with E-state index in [2.05, 4.69) is 15.6 Å². The minimum atomic E-state index is -0.364. The normalized spacial score (nSPS) is 15.0. The number of anilines is 2. The van der Waals surface area contributed by atoms with Gasteiger partial charge in [-0.15, -0.1) is 11.3 Å². The molecule has 2 aromatic carbocycles. The first-order valence-corrected chi connectivity index (χ1v) is 10.8. The van der Waals surface area contributed by atoms with Crippen molar-refractivity contribution in [2.24, 2.45) is 0 Å². The standard InChI is InChI=1S/C23H23N3O4S/c1-29-15-12-10-14(11-13-15)21(27)26-23-25-20-16(6-5-9-19(20)31-23)22(28)24-17-7-3-4-8-18(17)30-2/h3-4,7-8,10-13,16H,5-6,9H2,1-2H3,(H,24,28)(H,25,26,27). The van der Waals surface area contributed by atoms with Crippen LogP contribution in [0.2, 0.25) is 0 Å². The molecule has 8 heteroatoms. The third-order valence-electron chi connectivity index (χ3n) is 5.21. The molecule has 2 amide bonds. The highest BCUT2D eigenvalue weighted by Crippen LogP contribution is 2.38. The largest absolute Gasteiger partial charge is 0.497 e. The van der Waals surface area contributed by atoms with Gasteiger partial charge >= 0.3 is 0 Å². The van der Waals surface area contributed by atoms with Gasteiger partial charge in [0.05, 0.1) is 31.5 Å². The van der Waals surface area contributed by atoms with Crippen molar-refractivity contribution in [1.29, 1.82) is 0 Å². The molecule has 0 radical (unpaired) electrons. The molecule has 1 unspecified atom stereocenters. The van der Waals surface area contributed by atoms with Crippen LogP contribution < -0.4 is 20.1 Å². The number of aromatic nitrogens is 1. The number of aryl methyl sites for hydroxylation is 1. The van der Waals surface area contributed by atoms with Crippen LogP contribution in [0.5, 0.6) is 11.5 Å². The lowest BCUT2D eigenvalue weighted by Crippen LogP contribution is -2.24. The summed E-state index contributed by atoms with van der Waals surface area (Å²) in [6.07, 6.45) is 2.46. The average Bonchev–Trinajstić information content (AvgIpc) is 3.21. The molecule has 2 N–H and O–H groups in total. The van der Waals surface area contributed by atoms with E-state index in [0.717, 1.165) is 23.4 Å². The van der Waals surface area contributed by atoms with Gasteiger partial charge in [0, 0.05) is 10.4 Å². The first-order valence-electron chi connectivity index (χ1n) is 9.98. The van der Waals surface area contributed by atoms with E-state index in [1.54, 1.807) is 44.6 Å². The van der Waals surface area contributed by atoms with Gasteiger partial charge in [-0.1, -0.05) is 12.1 Å². The van der Waals surface area contributed by atoms with Gasteiger partial charge in [0.25, 0.3) is 5.91 Å². The number of carbonyl (C=O) groups is 2. The number of fused-ring (bicyclic) bond motifs is 1. The van der Waals surface area contributed by atoms with Crippen LogP contribution >= 0.6 is 11.3 Å². The van der Waals surface area contributed by atoms with Crippen LogP contribution in [0.4, 0.5) is 10.8 Å². The molecule has 1 heterocycles. The fourth-order valence-electron chi connectivity index (χ4n) is 3.61. The van der Waals surface area contributed by atoms with E-state index >= 15 is 0 Å². The van der Waals surface area contributed by atoms with Crippen molar-refractivity contribution in [3.05, 3.63) is 64.7 Å². The molecule has 0 bridgehead atoms. The van der Waals surface area contributed by atoms with Crippen molar-refractivity contribution in [2.75, 3.05) is 24.9 Å². The second kappa shape index (κ2) is 9.18. The maximum atomic E-state index is 13.0. The number of nitrogens with one attached hydrogen (secondary N) is 2. The summed E-state index contributed by atoms with van der Waals surface area (Å²) in [5.41, 5.74) is 1.89. The number of rotatable bonds is 6. The van der Waals surface area contributed by atoms with E-state index in [1.165, 1.54) is 11.3 Å². The van der Waals surface area contributed by atoms with Crippen molar-refractivity contribution < 1.29 is 19.1 Å². The third-order valence-corrected chi connectivity index (χ3v) is 6.25. The minimum absolute atomic E-state index is 0.121. The van der Waals surface area contributed by atoms with E-state index < -0.39 is 0 Å². The Morgan fingerprint density at radius 2 is 1.81 bits per heavy atom. The Morgan fingerprint density at radius 1 is 1.03 bits per heavy atom. The fourth-order valence-corrected chi connectivity index (χ4v) is 4.67. The van der Waals surface area contributed by atoms with Crippen molar-refractivity contribution >= 4 is 34.0 Å². The molecule has 0 aliphatic heterocycles. The second-order valence-electron chi connectivity index (χ2n) is 7.14. The molecule has 31 heavy (non-hydrogen) atoms. The summed E-state index contributed by atoms with van der Waals surface area (Å²) in [6.45, 7) is 0. The van der Waals surface area contributed by atoms with Gasteiger partial charge in [0.1, 0.15) is 11.5 Å². The molecule has 1 aliphatic rings. The Balaban J connectivity index is 1.50. The highest BCUT2D eigenvalue weighted by molar-refractivity contribution is 7.16. The molecule has 3 aromatic rings. The Kier molecular flexibility index (Phi) is 6.18. The lowest BCUT2D eigenvalue weighted by Gasteiger charge is -2.21. The van der Waals surface area contributed by atoms with Gasteiger partial charge in [-0.2, -0.15) is 0 Å². The summed E-state index contributed by atoms with van der Waals surface area (Å²) in [5.74, 6) is 0.562. The lowest BCUT2D eigenvalue weighted by atomic mass is 9.90. The third kappa shape index (κ3) is 4.54. The maximum Gasteiger partial charge on any atom is 0.257 e. The van der Waals surface area contributed by atoms with Crippen LogP contribution in [-0.2, 0) is 11.2 Å². The summed E-state index contributed by atoms with van der Waals surface area (Å²) in [5, 5.41) is 6.32. The fraction of sp³-hybridized carbons (Fsp3) is 0.261. The molecule has 0 fully saturated rings. The molecule has 0 spiro atoms. The maximum absolute atomic E-state index is 13.0. The predicted octanol–water partition coefficient (Wildman–Crippen LogP) is 4.47. The van der Waals surface area contributed by atoms with Gasteiger partial charge in [0.15, 0.2) is 5.13 Å². The Bertz CT molecular complexity index is 1090. The van der Waals surface area contributed by atoms with Crippen LogP contribution in [0.15, 0.2) is 48.5 Å². The van der Waals surface area contributed by atoms with E-state index in [4.69, 9.17) is 9.47 Å². The number of ether oxygens (including phenoxy) is 2. The van der Waals surface area contributed by atoms with Gasteiger partial charge in [0.2, 0.25) is 5.91 Å². The Labute approximate surface area is 184 Å². The first kappa shape index (κ1) is 20.9. The number of carbonyl (C=O) groups excluding carboxylic acids is 2. The number of amides is 2. The van der Waals surface area contributed by atoms with Crippen molar-refractivity contribution in [1.82, 2.24) is 4.98 Å². The number of thiazole rings is 1. The molecule has 160 valence electrons. The van der Waals surface area contributed by atoms with E-state index in [9.17, 15) is 9.59 Å². The van der Waals surface area contributed by atoms with Crippen LogP contribution in [0, 0.1) is 0 Å². The van der Waals surface area contributed by atoms with Crippen LogP contribution in [-0.4, -0.2) is 31.0 Å². The van der Waals surface area contributed by atoms with Crippen molar-refractivity contribution in [2.45, 2.75) is 25.2 Å². The van der Waals surface area contributed by atoms with Gasteiger partial charge in [-0.3, -0.25) is 14.9 Å². The molecule has 7 nitrogen and oxygen atoms in total. The minimum Gasteiger partial charge on any atom is -0.497 e. The summed E-state index contributed by atoms with van der Waals surface area (Å²) in [4.78, 5) is 31.2. The van der Waals surface area contributed by atoms with Gasteiger partial charge in [-0.05, 0) is 55.7 Å². The molecular weight excluding hydrogens is 414 g/mol. The molecule has 1 atom stereocenters. The number of nitrogens with zero attached hydrogens (tertiary/aromatic N) is 1. The number of para-hydroxylation sites is 2. The highest BCUT2D eigenvalue weighted by Gasteiger charge is 2.31. The number of hydrogen-bond donors (Lipinski definition) is 2. The molecule has 1 aromatic heterocycles. The molecule has 0 saturated carbocycles. The number of methoxy groups -OCH3 is 2. The van der Waals surface area contributed by atoms with Crippen molar-refractivity contribution in [3.63, 3.8) is 0 Å². The zero-order valence-electron chi connectivity index (χ0n) is 17.3. The molecule has 0 saturated heterocycles. The zero-order chi connectivity index (χ0) is 21.8. The highest BCUT2D eigenvalue weighted by atomic mass is 32.1. The number of benzene rings is 2. The Morgan fingerprint density at radius 3 is 2.55 bits per heavy atom. The lowest BCUT2D eigenvalue weighted by molar-refractivity contribution is -0.118. The zero-order valence-corrected chi connectivity index (χ0v) is 18.1. The smallest absolute Gasteiger partial charge is 0.257 e. The summed E-state index contributed by atoms with van der Waals surface area (Å²) in [7, 11) is 3.15. The molecule has 1 aliphatic carbocycles.